The van der Waals surface area contributed by atoms with Gasteiger partial charge in [-0.1, -0.05) is 28.1 Å². The molecule has 2 aromatic rings. The lowest BCUT2D eigenvalue weighted by atomic mass is 9.88. The molecule has 0 radical (unpaired) electrons. The Balaban J connectivity index is 2.04. The Morgan fingerprint density at radius 3 is 2.62 bits per heavy atom. The third-order valence-corrected chi connectivity index (χ3v) is 4.72. The van der Waals surface area contributed by atoms with Crippen molar-refractivity contribution >= 4 is 33.3 Å². The molecular weight excluding hydrogens is 374 g/mol. The summed E-state index contributed by atoms with van der Waals surface area (Å²) in [5.41, 5.74) is -0.856. The molecule has 0 fully saturated rings. The van der Waals surface area contributed by atoms with Crippen molar-refractivity contribution in [2.75, 3.05) is 11.4 Å². The first-order chi connectivity index (χ1) is 11.4. The highest BCUT2D eigenvalue weighted by atomic mass is 79.9. The van der Waals surface area contributed by atoms with Gasteiger partial charge in [0, 0.05) is 16.6 Å². The third-order valence-electron chi connectivity index (χ3n) is 4.23. The number of halogens is 1. The molecule has 1 amide bonds. The smallest absolute Gasteiger partial charge is 0.264 e. The number of rotatable bonds is 4. The maximum Gasteiger partial charge on any atom is 0.264 e. The minimum atomic E-state index is -1.94. The number of phenols is 1. The van der Waals surface area contributed by atoms with Gasteiger partial charge < -0.3 is 15.1 Å². The molecule has 0 saturated heterocycles. The number of likely N-dealkylation sites (N-methyl/N-ethyl adjacent to an activating group) is 1. The second-order valence-electron chi connectivity index (χ2n) is 5.69. The van der Waals surface area contributed by atoms with Gasteiger partial charge in [-0.2, -0.15) is 0 Å². The molecule has 24 heavy (non-hydrogen) atoms. The van der Waals surface area contributed by atoms with Gasteiger partial charge in [0.25, 0.3) is 5.91 Å². The predicted molar refractivity (Wildman–Crippen MR) is 93.1 cm³/mol. The number of hydrogen-bond acceptors (Lipinski definition) is 4. The second kappa shape index (κ2) is 6.03. The number of carbonyl (C=O) groups is 2. The van der Waals surface area contributed by atoms with E-state index in [1.54, 1.807) is 37.3 Å². The highest BCUT2D eigenvalue weighted by Gasteiger charge is 2.50. The summed E-state index contributed by atoms with van der Waals surface area (Å²) < 4.78 is 0.709. The number of carbonyl (C=O) groups excluding carboxylic acids is 2. The van der Waals surface area contributed by atoms with Crippen LogP contribution in [-0.2, 0) is 10.4 Å². The Labute approximate surface area is 147 Å². The number of nitrogens with zero attached hydrogens (tertiary/aromatic N) is 1. The highest BCUT2D eigenvalue weighted by Crippen LogP contribution is 2.44. The first-order valence-corrected chi connectivity index (χ1v) is 8.33. The van der Waals surface area contributed by atoms with E-state index < -0.39 is 23.7 Å². The monoisotopic (exact) mass is 389 g/mol. The fraction of sp³-hybridized carbons (Fsp3) is 0.222. The second-order valence-corrected chi connectivity index (χ2v) is 6.60. The summed E-state index contributed by atoms with van der Waals surface area (Å²) >= 11 is 3.34. The molecule has 2 N–H and O–H groups in total. The van der Waals surface area contributed by atoms with Crippen molar-refractivity contribution in [2.45, 2.75) is 18.9 Å². The van der Waals surface area contributed by atoms with Crippen LogP contribution >= 0.6 is 15.9 Å². The van der Waals surface area contributed by atoms with Crippen molar-refractivity contribution in [3.05, 3.63) is 58.1 Å². The van der Waals surface area contributed by atoms with E-state index in [0.29, 0.717) is 22.3 Å². The molecular formula is C18H16BrNO4. The lowest BCUT2D eigenvalue weighted by molar-refractivity contribution is -0.135. The van der Waals surface area contributed by atoms with E-state index in [9.17, 15) is 19.8 Å². The number of aliphatic hydroxyl groups is 1. The quantitative estimate of drug-likeness (QED) is 0.787. The van der Waals surface area contributed by atoms with Crippen molar-refractivity contribution in [3.8, 4) is 5.75 Å². The molecule has 0 aliphatic carbocycles. The summed E-state index contributed by atoms with van der Waals surface area (Å²) in [4.78, 5) is 26.7. The SMILES string of the molecule is CCN1C(=O)[C@](O)(CC(=O)c2ccccc2O)c2cc(Br)ccc21. The van der Waals surface area contributed by atoms with E-state index in [0.717, 1.165) is 0 Å². The topological polar surface area (TPSA) is 77.8 Å². The van der Waals surface area contributed by atoms with Crippen LogP contribution in [0.1, 0.15) is 29.3 Å². The van der Waals surface area contributed by atoms with Gasteiger partial charge in [-0.3, -0.25) is 9.59 Å². The minimum Gasteiger partial charge on any atom is -0.507 e. The van der Waals surface area contributed by atoms with Crippen LogP contribution < -0.4 is 4.90 Å². The van der Waals surface area contributed by atoms with Gasteiger partial charge in [-0.15, -0.1) is 0 Å². The van der Waals surface area contributed by atoms with E-state index in [-0.39, 0.29) is 11.3 Å². The Bertz CT molecular complexity index is 836. The first kappa shape index (κ1) is 16.7. The Hall–Kier alpha value is -2.18. The van der Waals surface area contributed by atoms with Gasteiger partial charge in [0.15, 0.2) is 11.4 Å². The summed E-state index contributed by atoms with van der Waals surface area (Å²) in [7, 11) is 0. The van der Waals surface area contributed by atoms with Crippen molar-refractivity contribution in [3.63, 3.8) is 0 Å². The number of fused-ring (bicyclic) bond motifs is 1. The number of aromatic hydroxyl groups is 1. The molecule has 1 aliphatic heterocycles. The number of Topliss-reactive ketones (excluding diaryl/α,β-unsaturated/α-hetero) is 1. The van der Waals surface area contributed by atoms with Gasteiger partial charge in [-0.25, -0.2) is 0 Å². The molecule has 0 spiro atoms. The number of anilines is 1. The van der Waals surface area contributed by atoms with Crippen molar-refractivity contribution in [2.24, 2.45) is 0 Å². The van der Waals surface area contributed by atoms with Gasteiger partial charge >= 0.3 is 0 Å². The standard InChI is InChI=1S/C18H16BrNO4/c1-2-20-14-8-7-11(19)9-13(14)18(24,17(20)23)10-16(22)12-5-3-4-6-15(12)21/h3-9,21,24H,2,10H2,1H3/t18-/m0/s1. The Kier molecular flexibility index (Phi) is 4.19. The van der Waals surface area contributed by atoms with Crippen molar-refractivity contribution < 1.29 is 19.8 Å². The normalized spacial score (nSPS) is 19.5. The number of para-hydroxylation sites is 1. The van der Waals surface area contributed by atoms with E-state index in [4.69, 9.17) is 0 Å². The molecule has 2 aromatic carbocycles. The van der Waals surface area contributed by atoms with Gasteiger partial charge in [0.1, 0.15) is 5.75 Å². The fourth-order valence-corrected chi connectivity index (χ4v) is 3.41. The van der Waals surface area contributed by atoms with Crippen LogP contribution in [0.25, 0.3) is 0 Å². The van der Waals surface area contributed by atoms with Crippen LogP contribution in [-0.4, -0.2) is 28.4 Å². The lowest BCUT2D eigenvalue weighted by Gasteiger charge is -2.22. The van der Waals surface area contributed by atoms with Crippen LogP contribution in [0.2, 0.25) is 0 Å². The third kappa shape index (κ3) is 2.52. The Morgan fingerprint density at radius 2 is 1.96 bits per heavy atom. The summed E-state index contributed by atoms with van der Waals surface area (Å²) in [5.74, 6) is -1.19. The van der Waals surface area contributed by atoms with E-state index in [1.807, 2.05) is 0 Å². The Morgan fingerprint density at radius 1 is 1.25 bits per heavy atom. The molecule has 5 nitrogen and oxygen atoms in total. The molecule has 0 aromatic heterocycles. The summed E-state index contributed by atoms with van der Waals surface area (Å²) in [6.07, 6.45) is -0.427. The fourth-order valence-electron chi connectivity index (χ4n) is 3.04. The van der Waals surface area contributed by atoms with E-state index in [2.05, 4.69) is 15.9 Å². The molecule has 0 saturated carbocycles. The van der Waals surface area contributed by atoms with Crippen LogP contribution in [0.3, 0.4) is 0 Å². The average Bonchev–Trinajstić information content (AvgIpc) is 2.75. The number of amides is 1. The van der Waals surface area contributed by atoms with Crippen molar-refractivity contribution in [1.82, 2.24) is 0 Å². The number of ketones is 1. The molecule has 0 bridgehead atoms. The van der Waals surface area contributed by atoms with E-state index in [1.165, 1.54) is 17.0 Å². The van der Waals surface area contributed by atoms with Crippen molar-refractivity contribution in [1.29, 1.82) is 0 Å². The minimum absolute atomic E-state index is 0.0882. The summed E-state index contributed by atoms with van der Waals surface area (Å²) in [6, 6.07) is 11.3. The zero-order valence-electron chi connectivity index (χ0n) is 13.0. The molecule has 0 unspecified atom stereocenters. The maximum absolute atomic E-state index is 12.7. The number of benzene rings is 2. The first-order valence-electron chi connectivity index (χ1n) is 7.54. The van der Waals surface area contributed by atoms with Crippen LogP contribution in [0.5, 0.6) is 5.75 Å². The van der Waals surface area contributed by atoms with Gasteiger partial charge in [-0.05, 0) is 37.3 Å². The summed E-state index contributed by atoms with van der Waals surface area (Å²) in [6.45, 7) is 2.20. The van der Waals surface area contributed by atoms with Gasteiger partial charge in [0.2, 0.25) is 0 Å². The highest BCUT2D eigenvalue weighted by molar-refractivity contribution is 9.10. The average molecular weight is 390 g/mol. The maximum atomic E-state index is 12.7. The number of hydrogen-bond donors (Lipinski definition) is 2. The molecule has 1 atom stereocenters. The summed E-state index contributed by atoms with van der Waals surface area (Å²) in [5, 5.41) is 20.9. The van der Waals surface area contributed by atoms with Crippen LogP contribution in [0.15, 0.2) is 46.9 Å². The zero-order chi connectivity index (χ0) is 17.5. The molecule has 1 aliphatic rings. The predicted octanol–water partition coefficient (Wildman–Crippen LogP) is 2.98. The number of phenolic OH excluding ortho intramolecular Hbond substituents is 1. The molecule has 1 heterocycles. The van der Waals surface area contributed by atoms with Crippen LogP contribution in [0.4, 0.5) is 5.69 Å². The van der Waals surface area contributed by atoms with Crippen LogP contribution in [0, 0.1) is 0 Å². The zero-order valence-corrected chi connectivity index (χ0v) is 14.6. The largest absolute Gasteiger partial charge is 0.507 e. The lowest BCUT2D eigenvalue weighted by Crippen LogP contribution is -2.41. The van der Waals surface area contributed by atoms with Gasteiger partial charge in [0.05, 0.1) is 17.7 Å². The molecule has 124 valence electrons. The molecule has 3 rings (SSSR count). The molecule has 6 heteroatoms. The van der Waals surface area contributed by atoms with E-state index >= 15 is 0 Å².